The van der Waals surface area contributed by atoms with Gasteiger partial charge >= 0.3 is 0 Å². The number of nitrogens with two attached hydrogens (primary N) is 1. The first-order valence-corrected chi connectivity index (χ1v) is 11.5. The van der Waals surface area contributed by atoms with Crippen molar-refractivity contribution in [1.82, 2.24) is 15.3 Å². The number of benzene rings is 1. The number of hydrogen-bond acceptors (Lipinski definition) is 4. The highest BCUT2D eigenvalue weighted by Gasteiger charge is 2.26. The van der Waals surface area contributed by atoms with Crippen molar-refractivity contribution in [1.29, 1.82) is 0 Å². The number of fused-ring (bicyclic) bond motifs is 1. The smallest absolute Gasteiger partial charge is 0.255 e. The third kappa shape index (κ3) is 4.99. The van der Waals surface area contributed by atoms with Crippen molar-refractivity contribution in [2.24, 2.45) is 11.7 Å². The molecule has 1 amide bonds. The molecule has 2 aromatic heterocycles. The summed E-state index contributed by atoms with van der Waals surface area (Å²) in [7, 11) is 0. The van der Waals surface area contributed by atoms with E-state index in [4.69, 9.17) is 10.5 Å². The highest BCUT2D eigenvalue weighted by molar-refractivity contribution is 6.09. The number of halogens is 2. The van der Waals surface area contributed by atoms with Crippen molar-refractivity contribution in [3.8, 4) is 16.9 Å². The Bertz CT molecular complexity index is 1150. The van der Waals surface area contributed by atoms with Gasteiger partial charge in [-0.3, -0.25) is 9.78 Å². The fourth-order valence-electron chi connectivity index (χ4n) is 4.56. The Labute approximate surface area is 198 Å². The maximum atomic E-state index is 14.0. The van der Waals surface area contributed by atoms with E-state index in [1.807, 2.05) is 13.0 Å². The van der Waals surface area contributed by atoms with Crippen LogP contribution in [0.3, 0.4) is 0 Å². The first-order chi connectivity index (χ1) is 15.5. The summed E-state index contributed by atoms with van der Waals surface area (Å²) < 4.78 is 20.0. The van der Waals surface area contributed by atoms with Gasteiger partial charge in [0.2, 0.25) is 0 Å². The van der Waals surface area contributed by atoms with Crippen LogP contribution in [0, 0.1) is 18.7 Å². The Morgan fingerprint density at radius 2 is 1.94 bits per heavy atom. The van der Waals surface area contributed by atoms with Crippen molar-refractivity contribution < 1.29 is 13.9 Å². The summed E-state index contributed by atoms with van der Waals surface area (Å²) in [4.78, 5) is 21.0. The number of ether oxygens (including phenoxy) is 1. The molecular formula is C25H30ClFN4O2. The molecule has 2 fully saturated rings. The van der Waals surface area contributed by atoms with E-state index >= 15 is 0 Å². The second-order valence-electron chi connectivity index (χ2n) is 9.19. The maximum Gasteiger partial charge on any atom is 0.255 e. The van der Waals surface area contributed by atoms with Crippen molar-refractivity contribution in [3.63, 3.8) is 0 Å². The highest BCUT2D eigenvalue weighted by Crippen LogP contribution is 2.38. The zero-order valence-electron chi connectivity index (χ0n) is 18.7. The summed E-state index contributed by atoms with van der Waals surface area (Å²) >= 11 is 0. The molecule has 0 unspecified atom stereocenters. The molecule has 1 aromatic carbocycles. The standard InChI is InChI=1S/C25H29FN4O2.ClH/c1-14-22(25(31)30-18-7-5-17(27)6-8-18)24-23(29-14)20(10-11-28-24)19-9-4-16(26)12-21(19)32-13-15-2-3-15;/h4,9-12,15,17-18,29H,2-3,5-8,13,27H2,1H3,(H,30,31);1H. The Hall–Kier alpha value is -2.64. The molecule has 0 aliphatic heterocycles. The summed E-state index contributed by atoms with van der Waals surface area (Å²) in [6, 6.07) is 6.83. The van der Waals surface area contributed by atoms with Crippen LogP contribution in [-0.2, 0) is 0 Å². The van der Waals surface area contributed by atoms with Gasteiger partial charge in [-0.1, -0.05) is 0 Å². The van der Waals surface area contributed by atoms with Crippen LogP contribution in [0.2, 0.25) is 0 Å². The SMILES string of the molecule is Cc1[nH]c2c(-c3ccc(F)cc3OCC3CC3)ccnc2c1C(=O)NC1CCC(N)CC1.Cl. The van der Waals surface area contributed by atoms with E-state index in [9.17, 15) is 9.18 Å². The molecule has 3 aromatic rings. The summed E-state index contributed by atoms with van der Waals surface area (Å²) in [5, 5.41) is 3.16. The summed E-state index contributed by atoms with van der Waals surface area (Å²) in [6.45, 7) is 2.47. The van der Waals surface area contributed by atoms with Gasteiger partial charge in [0, 0.05) is 41.2 Å². The average Bonchev–Trinajstić information content (AvgIpc) is 3.54. The molecule has 176 valence electrons. The zero-order valence-corrected chi connectivity index (χ0v) is 19.5. The molecule has 4 N–H and O–H groups in total. The fourth-order valence-corrected chi connectivity index (χ4v) is 4.56. The van der Waals surface area contributed by atoms with Gasteiger partial charge in [-0.25, -0.2) is 4.39 Å². The minimum absolute atomic E-state index is 0. The minimum atomic E-state index is -0.334. The highest BCUT2D eigenvalue weighted by atomic mass is 35.5. The normalized spacial score (nSPS) is 20.3. The van der Waals surface area contributed by atoms with Crippen molar-refractivity contribution in [2.75, 3.05) is 6.61 Å². The third-order valence-corrected chi connectivity index (χ3v) is 6.61. The summed E-state index contributed by atoms with van der Waals surface area (Å²) in [6.07, 6.45) is 7.64. The van der Waals surface area contributed by atoms with Crippen LogP contribution in [-0.4, -0.2) is 34.6 Å². The zero-order chi connectivity index (χ0) is 22.2. The van der Waals surface area contributed by atoms with Crippen molar-refractivity contribution in [2.45, 2.75) is 57.5 Å². The monoisotopic (exact) mass is 472 g/mol. The Morgan fingerprint density at radius 1 is 1.18 bits per heavy atom. The van der Waals surface area contributed by atoms with E-state index in [1.54, 1.807) is 12.3 Å². The van der Waals surface area contributed by atoms with E-state index in [1.165, 1.54) is 12.1 Å². The van der Waals surface area contributed by atoms with Crippen molar-refractivity contribution >= 4 is 29.3 Å². The first kappa shape index (κ1) is 23.5. The number of aryl methyl sites for hydroxylation is 1. The largest absolute Gasteiger partial charge is 0.493 e. The molecular weight excluding hydrogens is 443 g/mol. The molecule has 2 aliphatic carbocycles. The molecule has 2 saturated carbocycles. The summed E-state index contributed by atoms with van der Waals surface area (Å²) in [5.74, 6) is 0.616. The van der Waals surface area contributed by atoms with Gasteiger partial charge in [0.1, 0.15) is 17.1 Å². The molecule has 0 atom stereocenters. The predicted octanol–water partition coefficient (Wildman–Crippen LogP) is 4.89. The number of hydrogen-bond donors (Lipinski definition) is 3. The van der Waals surface area contributed by atoms with Crippen LogP contribution in [0.25, 0.3) is 22.2 Å². The van der Waals surface area contributed by atoms with Gasteiger partial charge in [0.15, 0.2) is 0 Å². The Kier molecular flexibility index (Phi) is 6.91. The van der Waals surface area contributed by atoms with Gasteiger partial charge < -0.3 is 20.8 Å². The Balaban J connectivity index is 0.00000259. The molecule has 8 heteroatoms. The second kappa shape index (κ2) is 9.69. The molecule has 2 aliphatic rings. The van der Waals surface area contributed by atoms with E-state index < -0.39 is 0 Å². The van der Waals surface area contributed by atoms with Crippen LogP contribution < -0.4 is 15.8 Å². The van der Waals surface area contributed by atoms with E-state index in [-0.39, 0.29) is 36.2 Å². The van der Waals surface area contributed by atoms with Gasteiger partial charge in [-0.15, -0.1) is 12.4 Å². The van der Waals surface area contributed by atoms with Gasteiger partial charge in [-0.05, 0) is 69.6 Å². The number of aromatic nitrogens is 2. The van der Waals surface area contributed by atoms with Gasteiger partial charge in [0.05, 0.1) is 17.7 Å². The lowest BCUT2D eigenvalue weighted by Gasteiger charge is -2.26. The lowest BCUT2D eigenvalue weighted by atomic mass is 9.91. The molecule has 0 bridgehead atoms. The lowest BCUT2D eigenvalue weighted by Crippen LogP contribution is -2.40. The minimum Gasteiger partial charge on any atom is -0.493 e. The first-order valence-electron chi connectivity index (χ1n) is 11.5. The number of amides is 1. The lowest BCUT2D eigenvalue weighted by molar-refractivity contribution is 0.0927. The summed E-state index contributed by atoms with van der Waals surface area (Å²) in [5.41, 5.74) is 10.3. The number of rotatable bonds is 6. The quantitative estimate of drug-likeness (QED) is 0.476. The number of H-pyrrole nitrogens is 1. The third-order valence-electron chi connectivity index (χ3n) is 6.61. The van der Waals surface area contributed by atoms with Crippen LogP contribution in [0.5, 0.6) is 5.75 Å². The molecule has 0 saturated heterocycles. The number of pyridine rings is 1. The molecule has 2 heterocycles. The van der Waals surface area contributed by atoms with Crippen LogP contribution in [0.1, 0.15) is 54.6 Å². The van der Waals surface area contributed by atoms with Crippen molar-refractivity contribution in [3.05, 3.63) is 47.5 Å². The topological polar surface area (TPSA) is 93.0 Å². The van der Waals surface area contributed by atoms with Gasteiger partial charge in [-0.2, -0.15) is 0 Å². The average molecular weight is 473 g/mol. The second-order valence-corrected chi connectivity index (χ2v) is 9.19. The van der Waals surface area contributed by atoms with Crippen LogP contribution >= 0.6 is 12.4 Å². The van der Waals surface area contributed by atoms with Crippen LogP contribution in [0.4, 0.5) is 4.39 Å². The number of carbonyl (C=O) groups is 1. The molecule has 5 rings (SSSR count). The molecule has 0 radical (unpaired) electrons. The Morgan fingerprint density at radius 3 is 2.67 bits per heavy atom. The number of aromatic amines is 1. The van der Waals surface area contributed by atoms with E-state index in [2.05, 4.69) is 15.3 Å². The van der Waals surface area contributed by atoms with E-state index in [0.717, 1.165) is 60.9 Å². The predicted molar refractivity (Wildman–Crippen MR) is 129 cm³/mol. The van der Waals surface area contributed by atoms with Crippen LogP contribution in [0.15, 0.2) is 30.5 Å². The van der Waals surface area contributed by atoms with Gasteiger partial charge in [0.25, 0.3) is 5.91 Å². The maximum absolute atomic E-state index is 14.0. The number of nitrogens with one attached hydrogen (secondary N) is 2. The fraction of sp³-hybridized carbons (Fsp3) is 0.440. The van der Waals surface area contributed by atoms with E-state index in [0.29, 0.717) is 29.4 Å². The molecule has 33 heavy (non-hydrogen) atoms. The molecule has 6 nitrogen and oxygen atoms in total. The number of carbonyl (C=O) groups excluding carboxylic acids is 1. The molecule has 0 spiro atoms. The number of nitrogens with zero attached hydrogens (tertiary/aromatic N) is 1.